The van der Waals surface area contributed by atoms with Gasteiger partial charge in [-0.25, -0.2) is 0 Å². The first-order chi connectivity index (χ1) is 12.7. The lowest BCUT2D eigenvalue weighted by Crippen LogP contribution is -2.12. The van der Waals surface area contributed by atoms with E-state index in [1.807, 2.05) is 60.7 Å². The van der Waals surface area contributed by atoms with Crippen LogP contribution in [0, 0.1) is 0 Å². The van der Waals surface area contributed by atoms with Crippen molar-refractivity contribution in [2.24, 2.45) is 0 Å². The molecule has 0 saturated heterocycles. The number of ketones is 1. The van der Waals surface area contributed by atoms with E-state index < -0.39 is 0 Å². The average molecular weight is 466 g/mol. The SMILES string of the molecule is O=C1C(Br)=C(Br)C(=C(c2ccccc2)c2ccccc2)c2ccccc21. The largest absolute Gasteiger partial charge is 0.288 e. The predicted octanol–water partition coefficient (Wildman–Crippen LogP) is 6.84. The van der Waals surface area contributed by atoms with Gasteiger partial charge in [0.1, 0.15) is 0 Å². The van der Waals surface area contributed by atoms with Crippen molar-refractivity contribution in [3.63, 3.8) is 0 Å². The van der Waals surface area contributed by atoms with Crippen LogP contribution in [0.1, 0.15) is 27.0 Å². The van der Waals surface area contributed by atoms with E-state index in [4.69, 9.17) is 0 Å². The van der Waals surface area contributed by atoms with Gasteiger partial charge in [0.2, 0.25) is 5.78 Å². The maximum absolute atomic E-state index is 12.7. The second-order valence-corrected chi connectivity index (χ2v) is 7.57. The van der Waals surface area contributed by atoms with Crippen molar-refractivity contribution in [2.45, 2.75) is 0 Å². The van der Waals surface area contributed by atoms with Crippen LogP contribution in [0.25, 0.3) is 11.1 Å². The molecular weight excluding hydrogens is 452 g/mol. The van der Waals surface area contributed by atoms with Gasteiger partial charge in [-0.3, -0.25) is 4.79 Å². The smallest absolute Gasteiger partial charge is 0.201 e. The molecule has 0 radical (unpaired) electrons. The van der Waals surface area contributed by atoms with E-state index in [0.29, 0.717) is 10.0 Å². The highest BCUT2D eigenvalue weighted by Crippen LogP contribution is 2.46. The first kappa shape index (κ1) is 17.2. The molecule has 4 rings (SSSR count). The summed E-state index contributed by atoms with van der Waals surface area (Å²) in [5.74, 6) is -0.00306. The highest BCUT2D eigenvalue weighted by Gasteiger charge is 2.29. The van der Waals surface area contributed by atoms with Crippen LogP contribution < -0.4 is 0 Å². The van der Waals surface area contributed by atoms with Gasteiger partial charge in [-0.05, 0) is 54.1 Å². The number of hydrogen-bond donors (Lipinski definition) is 0. The molecule has 0 amide bonds. The monoisotopic (exact) mass is 464 g/mol. The van der Waals surface area contributed by atoms with Crippen molar-refractivity contribution in [1.82, 2.24) is 0 Å². The minimum Gasteiger partial charge on any atom is -0.288 e. The molecule has 0 fully saturated rings. The number of hydrogen-bond acceptors (Lipinski definition) is 1. The van der Waals surface area contributed by atoms with Crippen LogP contribution in [0.15, 0.2) is 93.9 Å². The molecule has 0 unspecified atom stereocenters. The first-order valence-electron chi connectivity index (χ1n) is 8.23. The van der Waals surface area contributed by atoms with Crippen molar-refractivity contribution < 1.29 is 4.79 Å². The number of fused-ring (bicyclic) bond motifs is 1. The normalized spacial score (nSPS) is 13.6. The summed E-state index contributed by atoms with van der Waals surface area (Å²) in [5.41, 5.74) is 5.97. The van der Waals surface area contributed by atoms with E-state index >= 15 is 0 Å². The molecule has 3 heteroatoms. The van der Waals surface area contributed by atoms with E-state index in [-0.39, 0.29) is 5.78 Å². The van der Waals surface area contributed by atoms with Gasteiger partial charge in [0, 0.05) is 15.6 Å². The predicted molar refractivity (Wildman–Crippen MR) is 114 cm³/mol. The molecule has 1 nitrogen and oxygen atoms in total. The second kappa shape index (κ2) is 7.18. The molecule has 1 aliphatic rings. The Labute approximate surface area is 169 Å². The average Bonchev–Trinajstić information content (AvgIpc) is 2.71. The zero-order valence-corrected chi connectivity index (χ0v) is 16.9. The zero-order chi connectivity index (χ0) is 18.1. The summed E-state index contributed by atoms with van der Waals surface area (Å²) in [6.07, 6.45) is 0. The lowest BCUT2D eigenvalue weighted by molar-refractivity contribution is 0.104. The molecule has 0 atom stereocenters. The topological polar surface area (TPSA) is 17.1 Å². The molecule has 0 heterocycles. The molecule has 0 N–H and O–H groups in total. The van der Waals surface area contributed by atoms with E-state index in [9.17, 15) is 4.79 Å². The Morgan fingerprint density at radius 2 is 1.04 bits per heavy atom. The number of Topliss-reactive ketones (excluding diaryl/α,β-unsaturated/α-hetero) is 1. The van der Waals surface area contributed by atoms with Gasteiger partial charge < -0.3 is 0 Å². The summed E-state index contributed by atoms with van der Waals surface area (Å²) in [4.78, 5) is 12.7. The van der Waals surface area contributed by atoms with Crippen LogP contribution in [0.2, 0.25) is 0 Å². The molecule has 1 aliphatic carbocycles. The maximum Gasteiger partial charge on any atom is 0.201 e. The van der Waals surface area contributed by atoms with Gasteiger partial charge in [0.25, 0.3) is 0 Å². The molecule has 126 valence electrons. The standard InChI is InChI=1S/C23H14Br2O/c24-21-20(17-13-7-8-14-18(17)23(26)22(21)25)19(15-9-3-1-4-10-15)16-11-5-2-6-12-16/h1-14H. The molecule has 26 heavy (non-hydrogen) atoms. The molecule has 0 saturated carbocycles. The molecule has 0 aliphatic heterocycles. The summed E-state index contributed by atoms with van der Waals surface area (Å²) in [5, 5.41) is 0. The quantitative estimate of drug-likeness (QED) is 0.404. The fraction of sp³-hybridized carbons (Fsp3) is 0. The maximum atomic E-state index is 12.7. The molecular formula is C23H14Br2O. The first-order valence-corrected chi connectivity index (χ1v) is 9.82. The van der Waals surface area contributed by atoms with Gasteiger partial charge in [0.05, 0.1) is 4.48 Å². The zero-order valence-electron chi connectivity index (χ0n) is 13.7. The van der Waals surface area contributed by atoms with Gasteiger partial charge in [-0.2, -0.15) is 0 Å². The van der Waals surface area contributed by atoms with E-state index in [2.05, 4.69) is 56.1 Å². The van der Waals surface area contributed by atoms with Crippen LogP contribution in [0.5, 0.6) is 0 Å². The Morgan fingerprint density at radius 1 is 0.577 bits per heavy atom. The summed E-state index contributed by atoms with van der Waals surface area (Å²) in [6, 6.07) is 28.3. The summed E-state index contributed by atoms with van der Waals surface area (Å²) < 4.78 is 1.33. The Morgan fingerprint density at radius 3 is 1.58 bits per heavy atom. The van der Waals surface area contributed by atoms with Gasteiger partial charge in [-0.1, -0.05) is 84.9 Å². The van der Waals surface area contributed by atoms with Crippen LogP contribution in [-0.2, 0) is 0 Å². The fourth-order valence-electron chi connectivity index (χ4n) is 3.25. The number of halogens is 2. The molecule has 3 aromatic rings. The minimum atomic E-state index is -0.00306. The Kier molecular flexibility index (Phi) is 4.75. The Bertz CT molecular complexity index is 1010. The Balaban J connectivity index is 2.14. The molecule has 0 spiro atoms. The minimum absolute atomic E-state index is 0.00306. The number of benzene rings is 3. The Hall–Kier alpha value is -2.23. The lowest BCUT2D eigenvalue weighted by atomic mass is 9.84. The van der Waals surface area contributed by atoms with Gasteiger partial charge in [0.15, 0.2) is 0 Å². The van der Waals surface area contributed by atoms with Crippen LogP contribution in [0.4, 0.5) is 0 Å². The summed E-state index contributed by atoms with van der Waals surface area (Å²) in [7, 11) is 0. The van der Waals surface area contributed by atoms with Crippen LogP contribution >= 0.6 is 31.9 Å². The number of carbonyl (C=O) groups is 1. The number of allylic oxidation sites excluding steroid dienone is 3. The van der Waals surface area contributed by atoms with Crippen molar-refractivity contribution in [1.29, 1.82) is 0 Å². The lowest BCUT2D eigenvalue weighted by Gasteiger charge is -2.23. The molecule has 0 aromatic heterocycles. The molecule has 0 bridgehead atoms. The van der Waals surface area contributed by atoms with Crippen molar-refractivity contribution in [3.8, 4) is 0 Å². The third-order valence-corrected chi connectivity index (χ3v) is 6.51. The third kappa shape index (κ3) is 2.91. The second-order valence-electron chi connectivity index (χ2n) is 5.98. The highest BCUT2D eigenvalue weighted by molar-refractivity contribution is 9.14. The van der Waals surface area contributed by atoms with E-state index in [1.54, 1.807) is 0 Å². The third-order valence-electron chi connectivity index (χ3n) is 4.43. The van der Waals surface area contributed by atoms with Crippen molar-refractivity contribution in [2.75, 3.05) is 0 Å². The van der Waals surface area contributed by atoms with Crippen LogP contribution in [0.3, 0.4) is 0 Å². The fourth-order valence-corrected chi connectivity index (χ4v) is 4.26. The van der Waals surface area contributed by atoms with Gasteiger partial charge >= 0.3 is 0 Å². The number of rotatable bonds is 2. The van der Waals surface area contributed by atoms with Crippen molar-refractivity contribution in [3.05, 3.63) is 116 Å². The van der Waals surface area contributed by atoms with Gasteiger partial charge in [-0.15, -0.1) is 0 Å². The van der Waals surface area contributed by atoms with Crippen LogP contribution in [-0.4, -0.2) is 5.78 Å². The van der Waals surface area contributed by atoms with E-state index in [0.717, 1.165) is 32.3 Å². The van der Waals surface area contributed by atoms with Crippen molar-refractivity contribution >= 4 is 48.8 Å². The van der Waals surface area contributed by atoms with E-state index in [1.165, 1.54) is 0 Å². The number of carbonyl (C=O) groups excluding carboxylic acids is 1. The molecule has 3 aromatic carbocycles. The summed E-state index contributed by atoms with van der Waals surface area (Å²) >= 11 is 7.17. The summed E-state index contributed by atoms with van der Waals surface area (Å²) in [6.45, 7) is 0. The highest BCUT2D eigenvalue weighted by atomic mass is 79.9.